The SMILES string of the molecule is CCCCc1ccc(C(=O)O)cc1Cl. The van der Waals surface area contributed by atoms with Crippen molar-refractivity contribution in [1.29, 1.82) is 0 Å². The third-order valence-electron chi connectivity index (χ3n) is 2.10. The summed E-state index contributed by atoms with van der Waals surface area (Å²) < 4.78 is 0. The highest BCUT2D eigenvalue weighted by Crippen LogP contribution is 2.19. The lowest BCUT2D eigenvalue weighted by molar-refractivity contribution is 0.0697. The van der Waals surface area contributed by atoms with Crippen molar-refractivity contribution in [3.05, 3.63) is 34.3 Å². The number of hydrogen-bond acceptors (Lipinski definition) is 1. The zero-order valence-electron chi connectivity index (χ0n) is 8.09. The van der Waals surface area contributed by atoms with Crippen LogP contribution < -0.4 is 0 Å². The quantitative estimate of drug-likeness (QED) is 0.831. The highest BCUT2D eigenvalue weighted by molar-refractivity contribution is 6.31. The lowest BCUT2D eigenvalue weighted by Crippen LogP contribution is -1.97. The van der Waals surface area contributed by atoms with E-state index in [9.17, 15) is 4.79 Å². The molecule has 0 amide bonds. The second kappa shape index (κ2) is 5.01. The number of halogens is 1. The Hall–Kier alpha value is -1.02. The lowest BCUT2D eigenvalue weighted by Gasteiger charge is -2.03. The number of aryl methyl sites for hydroxylation is 1. The van der Waals surface area contributed by atoms with Crippen LogP contribution in [-0.4, -0.2) is 11.1 Å². The van der Waals surface area contributed by atoms with Gasteiger partial charge in [-0.05, 0) is 30.5 Å². The summed E-state index contributed by atoms with van der Waals surface area (Å²) in [6.07, 6.45) is 3.10. The van der Waals surface area contributed by atoms with Gasteiger partial charge in [-0.25, -0.2) is 4.79 Å². The van der Waals surface area contributed by atoms with E-state index in [1.165, 1.54) is 6.07 Å². The van der Waals surface area contributed by atoms with Crippen molar-refractivity contribution in [2.75, 3.05) is 0 Å². The Morgan fingerprint density at radius 3 is 2.71 bits per heavy atom. The molecule has 0 aromatic heterocycles. The molecule has 1 N–H and O–H groups in total. The van der Waals surface area contributed by atoms with Gasteiger partial charge in [-0.3, -0.25) is 0 Å². The molecule has 0 unspecified atom stereocenters. The summed E-state index contributed by atoms with van der Waals surface area (Å²) >= 11 is 5.95. The van der Waals surface area contributed by atoms with Crippen LogP contribution in [0.5, 0.6) is 0 Å². The Balaban J connectivity index is 2.84. The van der Waals surface area contributed by atoms with Crippen LogP contribution in [0.15, 0.2) is 18.2 Å². The van der Waals surface area contributed by atoms with Gasteiger partial charge in [0.05, 0.1) is 5.56 Å². The van der Waals surface area contributed by atoms with Gasteiger partial charge in [-0.15, -0.1) is 0 Å². The second-order valence-electron chi connectivity index (χ2n) is 3.21. The second-order valence-corrected chi connectivity index (χ2v) is 3.62. The van der Waals surface area contributed by atoms with Crippen molar-refractivity contribution in [2.45, 2.75) is 26.2 Å². The third kappa shape index (κ3) is 2.74. The molecule has 0 aliphatic rings. The zero-order valence-corrected chi connectivity index (χ0v) is 8.84. The van der Waals surface area contributed by atoms with Crippen molar-refractivity contribution in [2.24, 2.45) is 0 Å². The van der Waals surface area contributed by atoms with Crippen LogP contribution in [0.3, 0.4) is 0 Å². The van der Waals surface area contributed by atoms with Crippen LogP contribution in [0.4, 0.5) is 0 Å². The first-order valence-corrected chi connectivity index (χ1v) is 5.04. The molecule has 0 atom stereocenters. The Morgan fingerprint density at radius 1 is 1.50 bits per heavy atom. The van der Waals surface area contributed by atoms with Gasteiger partial charge in [0, 0.05) is 5.02 Å². The van der Waals surface area contributed by atoms with Gasteiger partial charge in [0.15, 0.2) is 0 Å². The molecule has 76 valence electrons. The van der Waals surface area contributed by atoms with Crippen LogP contribution in [0.1, 0.15) is 35.7 Å². The molecule has 0 saturated carbocycles. The fourth-order valence-electron chi connectivity index (χ4n) is 1.25. The normalized spacial score (nSPS) is 10.1. The third-order valence-corrected chi connectivity index (χ3v) is 2.45. The molecule has 14 heavy (non-hydrogen) atoms. The maximum Gasteiger partial charge on any atom is 0.335 e. The average molecular weight is 213 g/mol. The fraction of sp³-hybridized carbons (Fsp3) is 0.364. The van der Waals surface area contributed by atoms with E-state index in [2.05, 4.69) is 6.92 Å². The number of hydrogen-bond donors (Lipinski definition) is 1. The maximum absolute atomic E-state index is 10.6. The molecule has 0 saturated heterocycles. The van der Waals surface area contributed by atoms with Gasteiger partial charge in [0.2, 0.25) is 0 Å². The first-order chi connectivity index (χ1) is 6.65. The van der Waals surface area contributed by atoms with Crippen LogP contribution in [0.25, 0.3) is 0 Å². The first-order valence-electron chi connectivity index (χ1n) is 4.67. The molecule has 3 heteroatoms. The molecule has 0 fully saturated rings. The summed E-state index contributed by atoms with van der Waals surface area (Å²) in [5, 5.41) is 9.27. The minimum Gasteiger partial charge on any atom is -0.478 e. The molecule has 2 nitrogen and oxygen atoms in total. The highest BCUT2D eigenvalue weighted by Gasteiger charge is 2.06. The summed E-state index contributed by atoms with van der Waals surface area (Å²) in [5.74, 6) is -0.936. The maximum atomic E-state index is 10.6. The van der Waals surface area contributed by atoms with Gasteiger partial charge < -0.3 is 5.11 Å². The molecule has 1 rings (SSSR count). The number of rotatable bonds is 4. The minimum absolute atomic E-state index is 0.246. The Labute approximate surface area is 88.5 Å². The number of carbonyl (C=O) groups is 1. The van der Waals surface area contributed by atoms with E-state index in [-0.39, 0.29) is 5.56 Å². The molecule has 0 radical (unpaired) electrons. The predicted octanol–water partition coefficient (Wildman–Crippen LogP) is 3.38. The van der Waals surface area contributed by atoms with E-state index in [0.717, 1.165) is 24.8 Å². The average Bonchev–Trinajstić information content (AvgIpc) is 2.15. The smallest absolute Gasteiger partial charge is 0.335 e. The molecular weight excluding hydrogens is 200 g/mol. The summed E-state index contributed by atoms with van der Waals surface area (Å²) in [6, 6.07) is 4.90. The minimum atomic E-state index is -0.936. The highest BCUT2D eigenvalue weighted by atomic mass is 35.5. The van der Waals surface area contributed by atoms with Gasteiger partial charge >= 0.3 is 5.97 Å². The van der Waals surface area contributed by atoms with Crippen LogP contribution >= 0.6 is 11.6 Å². The molecular formula is C11H13ClO2. The largest absolute Gasteiger partial charge is 0.478 e. The van der Waals surface area contributed by atoms with E-state index in [1.807, 2.05) is 0 Å². The van der Waals surface area contributed by atoms with Gasteiger partial charge in [0.25, 0.3) is 0 Å². The van der Waals surface area contributed by atoms with Crippen molar-refractivity contribution in [3.63, 3.8) is 0 Å². The van der Waals surface area contributed by atoms with Crippen LogP contribution in [0.2, 0.25) is 5.02 Å². The first kappa shape index (κ1) is 11.1. The van der Waals surface area contributed by atoms with Crippen molar-refractivity contribution in [3.8, 4) is 0 Å². The van der Waals surface area contributed by atoms with Gasteiger partial charge in [0.1, 0.15) is 0 Å². The monoisotopic (exact) mass is 212 g/mol. The van der Waals surface area contributed by atoms with E-state index in [4.69, 9.17) is 16.7 Å². The topological polar surface area (TPSA) is 37.3 Å². The zero-order chi connectivity index (χ0) is 10.6. The Bertz CT molecular complexity index is 334. The molecule has 0 aliphatic heterocycles. The van der Waals surface area contributed by atoms with Crippen molar-refractivity contribution < 1.29 is 9.90 Å². The molecule has 0 aliphatic carbocycles. The van der Waals surface area contributed by atoms with E-state index in [0.29, 0.717) is 5.02 Å². The number of aromatic carboxylic acids is 1. The molecule has 1 aromatic rings. The number of carboxylic acids is 1. The van der Waals surface area contributed by atoms with E-state index in [1.54, 1.807) is 12.1 Å². The van der Waals surface area contributed by atoms with Crippen molar-refractivity contribution >= 4 is 17.6 Å². The van der Waals surface area contributed by atoms with Crippen LogP contribution in [-0.2, 0) is 6.42 Å². The molecule has 1 aromatic carbocycles. The van der Waals surface area contributed by atoms with Gasteiger partial charge in [-0.2, -0.15) is 0 Å². The Morgan fingerprint density at radius 2 is 2.21 bits per heavy atom. The predicted molar refractivity (Wildman–Crippen MR) is 57.0 cm³/mol. The summed E-state index contributed by atoms with van der Waals surface area (Å²) in [4.78, 5) is 10.6. The summed E-state index contributed by atoms with van der Waals surface area (Å²) in [5.41, 5.74) is 1.27. The Kier molecular flexibility index (Phi) is 3.96. The summed E-state index contributed by atoms with van der Waals surface area (Å²) in [7, 11) is 0. The van der Waals surface area contributed by atoms with E-state index < -0.39 is 5.97 Å². The summed E-state index contributed by atoms with van der Waals surface area (Å²) in [6.45, 7) is 2.11. The lowest BCUT2D eigenvalue weighted by atomic mass is 10.1. The number of benzene rings is 1. The van der Waals surface area contributed by atoms with Crippen LogP contribution in [0, 0.1) is 0 Å². The van der Waals surface area contributed by atoms with E-state index >= 15 is 0 Å². The van der Waals surface area contributed by atoms with Gasteiger partial charge in [-0.1, -0.05) is 31.0 Å². The molecule has 0 spiro atoms. The standard InChI is InChI=1S/C11H13ClO2/c1-2-3-4-8-5-6-9(11(13)14)7-10(8)12/h5-7H,2-4H2,1H3,(H,13,14). The molecule has 0 bridgehead atoms. The molecule has 0 heterocycles. The number of unbranched alkanes of at least 4 members (excludes halogenated alkanes) is 1. The number of carboxylic acid groups (broad SMARTS) is 1. The fourth-order valence-corrected chi connectivity index (χ4v) is 1.53. The van der Waals surface area contributed by atoms with Crippen molar-refractivity contribution in [1.82, 2.24) is 0 Å².